The number of likely N-dealkylation sites (N-methyl/N-ethyl adjacent to an activating group) is 1. The third-order valence-corrected chi connectivity index (χ3v) is 4.12. The highest BCUT2D eigenvalue weighted by Crippen LogP contribution is 2.25. The largest absolute Gasteiger partial charge is 0.490 e. The Bertz CT molecular complexity index is 562. The van der Waals surface area contributed by atoms with Gasteiger partial charge in [-0.25, -0.2) is 0 Å². The number of nitrogens with one attached hydrogen (secondary N) is 1. The van der Waals surface area contributed by atoms with Gasteiger partial charge in [0.05, 0.1) is 12.2 Å². The van der Waals surface area contributed by atoms with Crippen LogP contribution in [0.25, 0.3) is 0 Å². The van der Waals surface area contributed by atoms with Gasteiger partial charge in [0.2, 0.25) is 5.91 Å². The predicted octanol–water partition coefficient (Wildman–Crippen LogP) is 1.84. The summed E-state index contributed by atoms with van der Waals surface area (Å²) in [4.78, 5) is 26.7. The third kappa shape index (κ3) is 4.47. The molecule has 1 aliphatic rings. The highest BCUT2D eigenvalue weighted by molar-refractivity contribution is 5.99. The zero-order chi connectivity index (χ0) is 17.4. The molecule has 24 heavy (non-hydrogen) atoms. The molecule has 0 spiro atoms. The summed E-state index contributed by atoms with van der Waals surface area (Å²) < 4.78 is 11.0. The molecule has 1 aromatic carbocycles. The summed E-state index contributed by atoms with van der Waals surface area (Å²) in [5, 5.41) is 2.65. The molecule has 2 rings (SSSR count). The standard InChI is InChI=1S/C18H26N2O4/c1-3-23-12-13-24-16-10-5-4-8-14(16)18(22)20-11-7-6-9-15(20)17(21)19-2/h4-5,8,10,15H,3,6-7,9,11-13H2,1-2H3,(H,19,21)/t15-/m0/s1. The monoisotopic (exact) mass is 334 g/mol. The molecule has 1 aliphatic heterocycles. The average molecular weight is 334 g/mol. The van der Waals surface area contributed by atoms with Crippen LogP contribution in [0.2, 0.25) is 0 Å². The normalized spacial score (nSPS) is 17.4. The molecule has 132 valence electrons. The first-order valence-corrected chi connectivity index (χ1v) is 8.51. The van der Waals surface area contributed by atoms with Crippen molar-refractivity contribution in [3.05, 3.63) is 29.8 Å². The van der Waals surface area contributed by atoms with Crippen molar-refractivity contribution in [3.63, 3.8) is 0 Å². The molecule has 0 aromatic heterocycles. The molecule has 1 N–H and O–H groups in total. The minimum atomic E-state index is -0.410. The first kappa shape index (κ1) is 18.3. The second kappa shape index (κ2) is 9.27. The minimum absolute atomic E-state index is 0.113. The van der Waals surface area contributed by atoms with E-state index in [1.165, 1.54) is 0 Å². The Kier molecular flexibility index (Phi) is 7.06. The van der Waals surface area contributed by atoms with Gasteiger partial charge in [-0.05, 0) is 38.3 Å². The van der Waals surface area contributed by atoms with Crippen LogP contribution < -0.4 is 10.1 Å². The van der Waals surface area contributed by atoms with Gasteiger partial charge in [-0.3, -0.25) is 9.59 Å². The summed E-state index contributed by atoms with van der Waals surface area (Å²) in [6.07, 6.45) is 2.56. The molecule has 1 heterocycles. The zero-order valence-corrected chi connectivity index (χ0v) is 14.4. The first-order valence-electron chi connectivity index (χ1n) is 8.51. The van der Waals surface area contributed by atoms with Crippen LogP contribution in [0.3, 0.4) is 0 Å². The van der Waals surface area contributed by atoms with Crippen molar-refractivity contribution >= 4 is 11.8 Å². The van der Waals surface area contributed by atoms with Crippen LogP contribution in [0.4, 0.5) is 0 Å². The lowest BCUT2D eigenvalue weighted by molar-refractivity contribution is -0.126. The third-order valence-electron chi connectivity index (χ3n) is 4.12. The molecular weight excluding hydrogens is 308 g/mol. The summed E-state index contributed by atoms with van der Waals surface area (Å²) in [6, 6.07) is 6.75. The number of para-hydroxylation sites is 1. The number of likely N-dealkylation sites (tertiary alicyclic amines) is 1. The van der Waals surface area contributed by atoms with E-state index < -0.39 is 6.04 Å². The van der Waals surface area contributed by atoms with E-state index in [9.17, 15) is 9.59 Å². The fraction of sp³-hybridized carbons (Fsp3) is 0.556. The van der Waals surface area contributed by atoms with E-state index in [2.05, 4.69) is 5.32 Å². The molecule has 0 radical (unpaired) electrons. The second-order valence-electron chi connectivity index (χ2n) is 5.67. The van der Waals surface area contributed by atoms with E-state index in [1.807, 2.05) is 19.1 Å². The smallest absolute Gasteiger partial charge is 0.258 e. The van der Waals surface area contributed by atoms with Gasteiger partial charge >= 0.3 is 0 Å². The van der Waals surface area contributed by atoms with Gasteiger partial charge in [0.15, 0.2) is 0 Å². The van der Waals surface area contributed by atoms with Crippen LogP contribution >= 0.6 is 0 Å². The lowest BCUT2D eigenvalue weighted by atomic mass is 10.00. The SMILES string of the molecule is CCOCCOc1ccccc1C(=O)N1CCCC[C@H]1C(=O)NC. The number of nitrogens with zero attached hydrogens (tertiary/aromatic N) is 1. The number of hydrogen-bond acceptors (Lipinski definition) is 4. The van der Waals surface area contributed by atoms with E-state index in [1.54, 1.807) is 24.1 Å². The Morgan fingerprint density at radius 1 is 1.25 bits per heavy atom. The van der Waals surface area contributed by atoms with Crippen molar-refractivity contribution in [1.82, 2.24) is 10.2 Å². The molecule has 2 amide bonds. The van der Waals surface area contributed by atoms with Crippen LogP contribution in [-0.2, 0) is 9.53 Å². The maximum absolute atomic E-state index is 13.0. The van der Waals surface area contributed by atoms with Gasteiger partial charge in [-0.2, -0.15) is 0 Å². The highest BCUT2D eigenvalue weighted by Gasteiger charge is 2.33. The van der Waals surface area contributed by atoms with E-state index in [0.717, 1.165) is 12.8 Å². The van der Waals surface area contributed by atoms with Crippen molar-refractivity contribution in [2.45, 2.75) is 32.2 Å². The molecular formula is C18H26N2O4. The number of ether oxygens (including phenoxy) is 2. The zero-order valence-electron chi connectivity index (χ0n) is 14.4. The quantitative estimate of drug-likeness (QED) is 0.773. The molecule has 1 saturated heterocycles. The van der Waals surface area contributed by atoms with Gasteiger partial charge in [0.25, 0.3) is 5.91 Å². The van der Waals surface area contributed by atoms with Gasteiger partial charge in [0, 0.05) is 20.2 Å². The Labute approximate surface area is 143 Å². The summed E-state index contributed by atoms with van der Waals surface area (Å²) in [7, 11) is 1.60. The number of carbonyl (C=O) groups is 2. The van der Waals surface area contributed by atoms with Crippen molar-refractivity contribution in [1.29, 1.82) is 0 Å². The van der Waals surface area contributed by atoms with E-state index >= 15 is 0 Å². The predicted molar refractivity (Wildman–Crippen MR) is 91.2 cm³/mol. The summed E-state index contributed by atoms with van der Waals surface area (Å²) in [5.74, 6) is 0.261. The molecule has 0 aliphatic carbocycles. The first-order chi connectivity index (χ1) is 11.7. The number of carbonyl (C=O) groups excluding carboxylic acids is 2. The fourth-order valence-corrected chi connectivity index (χ4v) is 2.89. The minimum Gasteiger partial charge on any atom is -0.490 e. The van der Waals surface area contributed by atoms with Gasteiger partial charge < -0.3 is 19.7 Å². The van der Waals surface area contributed by atoms with Gasteiger partial charge in [-0.1, -0.05) is 12.1 Å². The molecule has 1 aromatic rings. The van der Waals surface area contributed by atoms with Crippen LogP contribution in [0.1, 0.15) is 36.5 Å². The highest BCUT2D eigenvalue weighted by atomic mass is 16.5. The van der Waals surface area contributed by atoms with Crippen LogP contribution in [0, 0.1) is 0 Å². The Morgan fingerprint density at radius 3 is 2.79 bits per heavy atom. The fourth-order valence-electron chi connectivity index (χ4n) is 2.89. The van der Waals surface area contributed by atoms with Crippen molar-refractivity contribution < 1.29 is 19.1 Å². The maximum Gasteiger partial charge on any atom is 0.258 e. The summed E-state index contributed by atoms with van der Waals surface area (Å²) in [5.41, 5.74) is 0.491. The molecule has 0 saturated carbocycles. The maximum atomic E-state index is 13.0. The van der Waals surface area contributed by atoms with Crippen LogP contribution in [-0.4, -0.2) is 56.2 Å². The number of amides is 2. The van der Waals surface area contributed by atoms with E-state index in [0.29, 0.717) is 44.1 Å². The number of benzene rings is 1. The van der Waals surface area contributed by atoms with E-state index in [-0.39, 0.29) is 11.8 Å². The van der Waals surface area contributed by atoms with Crippen LogP contribution in [0.15, 0.2) is 24.3 Å². The second-order valence-corrected chi connectivity index (χ2v) is 5.67. The number of piperidine rings is 1. The van der Waals surface area contributed by atoms with Crippen molar-refractivity contribution in [2.75, 3.05) is 33.4 Å². The molecule has 6 nitrogen and oxygen atoms in total. The summed E-state index contributed by atoms with van der Waals surface area (Å²) in [6.45, 7) is 4.00. The number of hydrogen-bond donors (Lipinski definition) is 1. The average Bonchev–Trinajstić information content (AvgIpc) is 2.64. The lowest BCUT2D eigenvalue weighted by Gasteiger charge is -2.34. The molecule has 0 unspecified atom stereocenters. The molecule has 1 atom stereocenters. The lowest BCUT2D eigenvalue weighted by Crippen LogP contribution is -2.51. The number of rotatable bonds is 7. The molecule has 6 heteroatoms. The molecule has 0 bridgehead atoms. The Hall–Kier alpha value is -2.08. The van der Waals surface area contributed by atoms with Gasteiger partial charge in [-0.15, -0.1) is 0 Å². The summed E-state index contributed by atoms with van der Waals surface area (Å²) >= 11 is 0. The Morgan fingerprint density at radius 2 is 2.04 bits per heavy atom. The van der Waals surface area contributed by atoms with Crippen LogP contribution in [0.5, 0.6) is 5.75 Å². The van der Waals surface area contributed by atoms with Crippen molar-refractivity contribution in [3.8, 4) is 5.75 Å². The van der Waals surface area contributed by atoms with Crippen molar-refractivity contribution in [2.24, 2.45) is 0 Å². The molecule has 1 fully saturated rings. The van der Waals surface area contributed by atoms with Gasteiger partial charge in [0.1, 0.15) is 18.4 Å². The van der Waals surface area contributed by atoms with E-state index in [4.69, 9.17) is 9.47 Å². The Balaban J connectivity index is 2.14. The topological polar surface area (TPSA) is 67.9 Å².